The fourth-order valence-electron chi connectivity index (χ4n) is 7.24. The minimum atomic E-state index is -1.35. The van der Waals surface area contributed by atoms with E-state index in [-0.39, 0.29) is 20.1 Å². The summed E-state index contributed by atoms with van der Waals surface area (Å²) in [6.45, 7) is 20.5. The van der Waals surface area contributed by atoms with Crippen LogP contribution in [-0.2, 0) is 26.5 Å². The summed E-state index contributed by atoms with van der Waals surface area (Å²) in [5.74, 6) is 2.28. The van der Waals surface area contributed by atoms with E-state index < -0.39 is 8.07 Å². The number of rotatable bonds is 8. The van der Waals surface area contributed by atoms with E-state index in [0.717, 1.165) is 50.5 Å². The van der Waals surface area contributed by atoms with Crippen LogP contribution in [-0.4, -0.2) is 23.0 Å². The van der Waals surface area contributed by atoms with Crippen molar-refractivity contribution in [3.8, 4) is 22.5 Å². The number of fused-ring (bicyclic) bond motifs is 3. The van der Waals surface area contributed by atoms with Crippen LogP contribution < -0.4 is 5.19 Å². The maximum absolute atomic E-state index is 6.22. The Kier molecular flexibility index (Phi) is 12.5. The number of furan rings is 1. The molecule has 1 aliphatic carbocycles. The Labute approximate surface area is 320 Å². The van der Waals surface area contributed by atoms with Crippen LogP contribution >= 0.6 is 0 Å². The van der Waals surface area contributed by atoms with E-state index in [2.05, 4.69) is 116 Å². The number of hydrogen-bond acceptors (Lipinski definition) is 4. The Morgan fingerprint density at radius 3 is 2.25 bits per heavy atom. The van der Waals surface area contributed by atoms with Gasteiger partial charge in [-0.1, -0.05) is 109 Å². The fraction of sp³-hybridized carbons (Fsp3) is 0.400. The van der Waals surface area contributed by atoms with Gasteiger partial charge in [0, 0.05) is 43.6 Å². The topological polar surface area (TPSA) is 51.8 Å². The Morgan fingerprint density at radius 1 is 0.843 bits per heavy atom. The molecule has 6 heteroatoms. The Balaban J connectivity index is 0.000000199. The van der Waals surface area contributed by atoms with Crippen molar-refractivity contribution in [2.24, 2.45) is 11.8 Å². The van der Waals surface area contributed by atoms with Crippen LogP contribution in [0.2, 0.25) is 19.6 Å². The summed E-state index contributed by atoms with van der Waals surface area (Å²) in [6, 6.07) is 27.6. The molecule has 7 rings (SSSR count). The number of hydrogen-bond donors (Lipinski definition) is 0. The number of pyridine rings is 3. The Morgan fingerprint density at radius 2 is 1.59 bits per heavy atom. The van der Waals surface area contributed by atoms with Crippen molar-refractivity contribution < 1.29 is 24.5 Å². The first-order valence-corrected chi connectivity index (χ1v) is 22.1. The SMILES string of the molecule is C[Si](C)(C)c1cnc(-c2[c-]cccc2)cc1CC1CCCC1.Cc1cnc(-c2[c-]ccc3c2oc2nc(C(C)C)ccc23)cc1C(C)C(C)C.[Ir]. The summed E-state index contributed by atoms with van der Waals surface area (Å²) in [6.07, 6.45) is 11.0. The minimum Gasteiger partial charge on any atom is -0.486 e. The summed E-state index contributed by atoms with van der Waals surface area (Å²) >= 11 is 0. The van der Waals surface area contributed by atoms with Crippen molar-refractivity contribution in [3.63, 3.8) is 0 Å². The zero-order chi connectivity index (χ0) is 35.6. The van der Waals surface area contributed by atoms with Gasteiger partial charge in [0.25, 0.3) is 0 Å². The second-order valence-corrected chi connectivity index (χ2v) is 21.0. The predicted molar refractivity (Wildman–Crippen MR) is 213 cm³/mol. The van der Waals surface area contributed by atoms with Crippen molar-refractivity contribution in [1.29, 1.82) is 0 Å². The van der Waals surface area contributed by atoms with Crippen molar-refractivity contribution in [2.75, 3.05) is 0 Å². The normalized spacial score (nSPS) is 14.2. The van der Waals surface area contributed by atoms with Gasteiger partial charge in [-0.3, -0.25) is 0 Å². The van der Waals surface area contributed by atoms with Gasteiger partial charge in [-0.25, -0.2) is 4.98 Å². The molecule has 1 aliphatic rings. The van der Waals surface area contributed by atoms with Gasteiger partial charge < -0.3 is 14.4 Å². The molecule has 4 aromatic heterocycles. The molecule has 1 radical (unpaired) electrons. The number of benzene rings is 2. The largest absolute Gasteiger partial charge is 0.486 e. The quantitative estimate of drug-likeness (QED) is 0.113. The molecule has 51 heavy (non-hydrogen) atoms. The molecule has 0 saturated heterocycles. The van der Waals surface area contributed by atoms with E-state index in [9.17, 15) is 0 Å². The third kappa shape index (κ3) is 8.79. The van der Waals surface area contributed by atoms with Gasteiger partial charge in [0.15, 0.2) is 0 Å². The molecule has 0 spiro atoms. The molecule has 1 saturated carbocycles. The summed E-state index contributed by atoms with van der Waals surface area (Å²) in [5.41, 5.74) is 10.6. The molecule has 0 N–H and O–H groups in total. The van der Waals surface area contributed by atoms with Crippen LogP contribution in [0.25, 0.3) is 44.6 Å². The average molecular weight is 872 g/mol. The molecular formula is C45H53IrN3OSi-2. The van der Waals surface area contributed by atoms with E-state index in [0.29, 0.717) is 23.5 Å². The van der Waals surface area contributed by atoms with Gasteiger partial charge in [0.1, 0.15) is 0 Å². The number of aromatic nitrogens is 3. The molecule has 1 fully saturated rings. The van der Waals surface area contributed by atoms with Crippen molar-refractivity contribution in [1.82, 2.24) is 15.0 Å². The number of nitrogens with zero attached hydrogens (tertiary/aromatic N) is 3. The third-order valence-corrected chi connectivity index (χ3v) is 12.6. The first kappa shape index (κ1) is 38.8. The number of aryl methyl sites for hydroxylation is 1. The maximum atomic E-state index is 6.22. The first-order valence-electron chi connectivity index (χ1n) is 18.6. The second kappa shape index (κ2) is 16.5. The summed E-state index contributed by atoms with van der Waals surface area (Å²) in [4.78, 5) is 14.2. The smallest absolute Gasteiger partial charge is 0.216 e. The van der Waals surface area contributed by atoms with Gasteiger partial charge >= 0.3 is 0 Å². The van der Waals surface area contributed by atoms with E-state index in [1.165, 1.54) is 43.2 Å². The average Bonchev–Trinajstić information content (AvgIpc) is 3.75. The van der Waals surface area contributed by atoms with E-state index >= 15 is 0 Å². The van der Waals surface area contributed by atoms with Crippen LogP contribution in [0, 0.1) is 30.9 Å². The van der Waals surface area contributed by atoms with E-state index in [1.807, 2.05) is 30.5 Å². The molecule has 4 heterocycles. The van der Waals surface area contributed by atoms with Crippen LogP contribution in [0.3, 0.4) is 0 Å². The van der Waals surface area contributed by atoms with Crippen molar-refractivity contribution in [2.45, 2.75) is 105 Å². The molecule has 0 bridgehead atoms. The summed E-state index contributed by atoms with van der Waals surface area (Å²) in [7, 11) is -1.35. The maximum Gasteiger partial charge on any atom is 0.216 e. The standard InChI is InChI=1S/C25H27N2O.C20H26NSi.Ir/c1-14(2)17(6)21-12-23(26-13-16(21)5)20-9-7-8-18-19-10-11-22(15(3)4)27-25(19)28-24(18)20;1-22(2,3)20-15-21-19(17-11-5-4-6-12-17)14-18(20)13-16-9-7-8-10-16;/h7-8,10-15,17H,1-6H3;4-6,11,14-16H,7-10,13H2,1-3H3;/q2*-1;. The summed E-state index contributed by atoms with van der Waals surface area (Å²) < 4.78 is 6.22. The zero-order valence-electron chi connectivity index (χ0n) is 31.9. The van der Waals surface area contributed by atoms with E-state index in [4.69, 9.17) is 19.4 Å². The molecule has 2 aromatic carbocycles. The van der Waals surface area contributed by atoms with Crippen LogP contribution in [0.1, 0.15) is 94.5 Å². The van der Waals surface area contributed by atoms with Gasteiger partial charge in [0.2, 0.25) is 5.71 Å². The second-order valence-electron chi connectivity index (χ2n) is 16.0. The van der Waals surface area contributed by atoms with Gasteiger partial charge in [-0.15, -0.1) is 54.1 Å². The molecular weight excluding hydrogens is 819 g/mol. The zero-order valence-corrected chi connectivity index (χ0v) is 35.3. The van der Waals surface area contributed by atoms with Crippen molar-refractivity contribution >= 4 is 35.3 Å². The van der Waals surface area contributed by atoms with Crippen LogP contribution in [0.15, 0.2) is 77.5 Å². The molecule has 1 unspecified atom stereocenters. The van der Waals surface area contributed by atoms with Crippen LogP contribution in [0.4, 0.5) is 0 Å². The molecule has 4 nitrogen and oxygen atoms in total. The first-order chi connectivity index (χ1) is 23.9. The van der Waals surface area contributed by atoms with E-state index in [1.54, 1.807) is 10.8 Å². The molecule has 6 aromatic rings. The third-order valence-electron chi connectivity index (χ3n) is 10.6. The van der Waals surface area contributed by atoms with Gasteiger partial charge in [-0.05, 0) is 76.9 Å². The Bertz CT molecular complexity index is 2070. The van der Waals surface area contributed by atoms with Crippen molar-refractivity contribution in [3.05, 3.63) is 108 Å². The molecule has 0 amide bonds. The molecule has 0 aliphatic heterocycles. The summed E-state index contributed by atoms with van der Waals surface area (Å²) in [5, 5.41) is 3.64. The van der Waals surface area contributed by atoms with Crippen LogP contribution in [0.5, 0.6) is 0 Å². The predicted octanol–water partition coefficient (Wildman–Crippen LogP) is 11.9. The fourth-order valence-corrected chi connectivity index (χ4v) is 8.83. The van der Waals surface area contributed by atoms with Gasteiger partial charge in [0.05, 0.1) is 13.7 Å². The monoisotopic (exact) mass is 872 g/mol. The van der Waals surface area contributed by atoms with Gasteiger partial charge in [-0.2, -0.15) is 0 Å². The molecule has 1 atom stereocenters. The minimum absolute atomic E-state index is 0. The molecule has 269 valence electrons. The Hall–Kier alpha value is -3.44.